The molecule has 1 aliphatic heterocycles. The first-order valence-corrected chi connectivity index (χ1v) is 9.78. The van der Waals surface area contributed by atoms with Gasteiger partial charge in [0, 0.05) is 19.1 Å². The fourth-order valence-electron chi connectivity index (χ4n) is 2.06. The molecule has 1 heterocycles. The molecule has 1 unspecified atom stereocenters. The molecule has 3 N–H and O–H groups in total. The lowest BCUT2D eigenvalue weighted by Crippen LogP contribution is -2.40. The van der Waals surface area contributed by atoms with Gasteiger partial charge in [0.05, 0.1) is 10.6 Å². The van der Waals surface area contributed by atoms with Gasteiger partial charge in [-0.3, -0.25) is 0 Å². The first-order valence-electron chi connectivity index (χ1n) is 6.64. The van der Waals surface area contributed by atoms with Crippen LogP contribution in [0.4, 0.5) is 0 Å². The molecule has 0 aromatic heterocycles. The molecule has 1 aromatic rings. The van der Waals surface area contributed by atoms with E-state index in [0.29, 0.717) is 6.54 Å². The standard InChI is InChI=1S/C12H19N3O4S2.ClH/c16-20(17,15-11-6-7-13-10-11)9-8-14-21(18,19)12-4-2-1-3-5-12;/h1-5,11,13-15H,6-10H2;1H. The summed E-state index contributed by atoms with van der Waals surface area (Å²) in [5.41, 5.74) is 0. The predicted molar refractivity (Wildman–Crippen MR) is 87.1 cm³/mol. The van der Waals surface area contributed by atoms with Crippen LogP contribution in [0.1, 0.15) is 6.42 Å². The van der Waals surface area contributed by atoms with Crippen molar-refractivity contribution in [1.82, 2.24) is 14.8 Å². The number of nitrogens with one attached hydrogen (secondary N) is 3. The maximum Gasteiger partial charge on any atom is 0.240 e. The van der Waals surface area contributed by atoms with Gasteiger partial charge in [-0.2, -0.15) is 0 Å². The van der Waals surface area contributed by atoms with E-state index in [0.717, 1.165) is 13.0 Å². The Morgan fingerprint density at radius 2 is 1.82 bits per heavy atom. The predicted octanol–water partition coefficient (Wildman–Crippen LogP) is -0.332. The Morgan fingerprint density at radius 1 is 1.14 bits per heavy atom. The molecule has 2 rings (SSSR count). The third-order valence-corrected chi connectivity index (χ3v) is 6.03. The molecule has 0 spiro atoms. The van der Waals surface area contributed by atoms with Gasteiger partial charge in [-0.25, -0.2) is 26.3 Å². The lowest BCUT2D eigenvalue weighted by Gasteiger charge is -2.12. The highest BCUT2D eigenvalue weighted by atomic mass is 35.5. The second-order valence-electron chi connectivity index (χ2n) is 4.84. The van der Waals surface area contributed by atoms with E-state index in [4.69, 9.17) is 0 Å². The Balaban J connectivity index is 0.00000242. The van der Waals surface area contributed by atoms with Gasteiger partial charge in [0.25, 0.3) is 0 Å². The molecule has 1 fully saturated rings. The summed E-state index contributed by atoms with van der Waals surface area (Å²) in [6.45, 7) is 1.23. The Morgan fingerprint density at radius 3 is 2.41 bits per heavy atom. The summed E-state index contributed by atoms with van der Waals surface area (Å²) in [7, 11) is -7.15. The fourth-order valence-corrected chi connectivity index (χ4v) is 4.44. The molecular weight excluding hydrogens is 350 g/mol. The molecule has 10 heteroatoms. The van der Waals surface area contributed by atoms with Gasteiger partial charge in [-0.15, -0.1) is 12.4 Å². The number of benzene rings is 1. The van der Waals surface area contributed by atoms with Crippen molar-refractivity contribution < 1.29 is 16.8 Å². The number of halogens is 1. The largest absolute Gasteiger partial charge is 0.315 e. The molecule has 22 heavy (non-hydrogen) atoms. The van der Waals surface area contributed by atoms with Crippen molar-refractivity contribution in [1.29, 1.82) is 0 Å². The zero-order chi connectivity index (χ0) is 15.3. The van der Waals surface area contributed by atoms with E-state index < -0.39 is 20.0 Å². The van der Waals surface area contributed by atoms with Crippen LogP contribution in [0.25, 0.3) is 0 Å². The monoisotopic (exact) mass is 369 g/mol. The molecule has 0 bridgehead atoms. The third-order valence-electron chi connectivity index (χ3n) is 3.12. The van der Waals surface area contributed by atoms with Crippen LogP contribution in [-0.4, -0.2) is 48.3 Å². The van der Waals surface area contributed by atoms with E-state index in [1.165, 1.54) is 12.1 Å². The normalized spacial score (nSPS) is 18.8. The molecule has 0 amide bonds. The zero-order valence-corrected chi connectivity index (χ0v) is 14.3. The summed E-state index contributed by atoms with van der Waals surface area (Å²) in [6.07, 6.45) is 0.745. The molecule has 0 radical (unpaired) electrons. The quantitative estimate of drug-likeness (QED) is 0.610. The minimum atomic E-state index is -3.66. The lowest BCUT2D eigenvalue weighted by atomic mass is 10.3. The third kappa shape index (κ3) is 5.82. The Kier molecular flexibility index (Phi) is 7.23. The summed E-state index contributed by atoms with van der Waals surface area (Å²) in [4.78, 5) is 0.121. The number of sulfonamides is 2. The van der Waals surface area contributed by atoms with Crippen molar-refractivity contribution in [3.8, 4) is 0 Å². The molecule has 1 atom stereocenters. The van der Waals surface area contributed by atoms with E-state index >= 15 is 0 Å². The van der Waals surface area contributed by atoms with Crippen LogP contribution in [0.15, 0.2) is 35.2 Å². The molecule has 1 aromatic carbocycles. The van der Waals surface area contributed by atoms with E-state index in [-0.39, 0.29) is 35.6 Å². The van der Waals surface area contributed by atoms with E-state index in [1.54, 1.807) is 18.2 Å². The minimum Gasteiger partial charge on any atom is -0.315 e. The summed E-state index contributed by atoms with van der Waals surface area (Å²) < 4.78 is 52.4. The van der Waals surface area contributed by atoms with Crippen LogP contribution in [0, 0.1) is 0 Å². The first kappa shape index (κ1) is 19.3. The van der Waals surface area contributed by atoms with Crippen molar-refractivity contribution in [3.63, 3.8) is 0 Å². The van der Waals surface area contributed by atoms with Crippen LogP contribution in [-0.2, 0) is 20.0 Å². The molecule has 126 valence electrons. The molecule has 1 saturated heterocycles. The van der Waals surface area contributed by atoms with E-state index in [1.807, 2.05) is 0 Å². The number of hydrogen-bond donors (Lipinski definition) is 3. The Bertz CT molecular complexity index is 659. The highest BCUT2D eigenvalue weighted by Gasteiger charge is 2.21. The molecular formula is C12H20ClN3O4S2. The highest BCUT2D eigenvalue weighted by molar-refractivity contribution is 7.90. The van der Waals surface area contributed by atoms with Crippen molar-refractivity contribution in [2.45, 2.75) is 17.4 Å². The topological polar surface area (TPSA) is 104 Å². The molecule has 7 nitrogen and oxygen atoms in total. The van der Waals surface area contributed by atoms with Gasteiger partial charge in [-0.05, 0) is 25.1 Å². The minimum absolute atomic E-state index is 0. The summed E-state index contributed by atoms with van der Waals surface area (Å²) in [5.74, 6) is -0.282. The maximum atomic E-state index is 11.9. The molecule has 0 saturated carbocycles. The number of hydrogen-bond acceptors (Lipinski definition) is 5. The SMILES string of the molecule is Cl.O=S(=O)(CCNS(=O)(=O)c1ccccc1)NC1CCNC1. The smallest absolute Gasteiger partial charge is 0.240 e. The van der Waals surface area contributed by atoms with Gasteiger partial charge in [0.1, 0.15) is 0 Å². The lowest BCUT2D eigenvalue weighted by molar-refractivity contribution is 0.558. The second kappa shape index (κ2) is 8.23. The second-order valence-corrected chi connectivity index (χ2v) is 8.48. The van der Waals surface area contributed by atoms with Crippen molar-refractivity contribution in [2.24, 2.45) is 0 Å². The summed E-state index contributed by atoms with van der Waals surface area (Å²) in [5, 5.41) is 3.06. The van der Waals surface area contributed by atoms with Gasteiger partial charge < -0.3 is 5.32 Å². The van der Waals surface area contributed by atoms with Gasteiger partial charge in [0.15, 0.2) is 0 Å². The van der Waals surface area contributed by atoms with Crippen LogP contribution >= 0.6 is 12.4 Å². The van der Waals surface area contributed by atoms with Gasteiger partial charge in [-0.1, -0.05) is 18.2 Å². The van der Waals surface area contributed by atoms with E-state index in [9.17, 15) is 16.8 Å². The average molecular weight is 370 g/mol. The van der Waals surface area contributed by atoms with Crippen molar-refractivity contribution >= 4 is 32.5 Å². The Labute approximate surface area is 137 Å². The Hall–Kier alpha value is -0.710. The first-order chi connectivity index (χ1) is 9.89. The summed E-state index contributed by atoms with van der Waals surface area (Å²) >= 11 is 0. The maximum absolute atomic E-state index is 11.9. The van der Waals surface area contributed by atoms with Crippen molar-refractivity contribution in [3.05, 3.63) is 30.3 Å². The van der Waals surface area contributed by atoms with Crippen LogP contribution < -0.4 is 14.8 Å². The van der Waals surface area contributed by atoms with Crippen molar-refractivity contribution in [2.75, 3.05) is 25.4 Å². The average Bonchev–Trinajstić information content (AvgIpc) is 2.91. The highest BCUT2D eigenvalue weighted by Crippen LogP contribution is 2.06. The van der Waals surface area contributed by atoms with E-state index in [2.05, 4.69) is 14.8 Å². The summed E-state index contributed by atoms with van der Waals surface area (Å²) in [6, 6.07) is 7.74. The molecule has 0 aliphatic carbocycles. The van der Waals surface area contributed by atoms with Crippen LogP contribution in [0.3, 0.4) is 0 Å². The number of rotatable bonds is 7. The van der Waals surface area contributed by atoms with Gasteiger partial charge >= 0.3 is 0 Å². The molecule has 1 aliphatic rings. The van der Waals surface area contributed by atoms with Crippen LogP contribution in [0.2, 0.25) is 0 Å². The fraction of sp³-hybridized carbons (Fsp3) is 0.500. The van der Waals surface area contributed by atoms with Gasteiger partial charge in [0.2, 0.25) is 20.0 Å². The van der Waals surface area contributed by atoms with Crippen LogP contribution in [0.5, 0.6) is 0 Å². The zero-order valence-electron chi connectivity index (χ0n) is 11.9.